The summed E-state index contributed by atoms with van der Waals surface area (Å²) in [6.07, 6.45) is 2.67. The summed E-state index contributed by atoms with van der Waals surface area (Å²) in [7, 11) is 0. The zero-order valence-corrected chi connectivity index (χ0v) is 11.3. The second-order valence-electron chi connectivity index (χ2n) is 5.49. The van der Waals surface area contributed by atoms with E-state index >= 15 is 0 Å². The molecule has 0 saturated heterocycles. The first-order chi connectivity index (χ1) is 6.45. The highest BCUT2D eigenvalue weighted by Gasteiger charge is 2.27. The highest BCUT2D eigenvalue weighted by Crippen LogP contribution is 2.35. The molecule has 0 bridgehead atoms. The third-order valence-corrected chi connectivity index (χ3v) is 4.01. The predicted molar refractivity (Wildman–Crippen MR) is 66.4 cm³/mol. The maximum atomic E-state index is 2.46. The van der Waals surface area contributed by atoms with Crippen molar-refractivity contribution < 1.29 is 0 Å². The highest BCUT2D eigenvalue weighted by atomic mass is 14.3. The Morgan fingerprint density at radius 1 is 0.643 bits per heavy atom. The Bertz CT molecular complexity index is 119. The molecule has 0 aromatic rings. The molecule has 0 aliphatic carbocycles. The number of hydrogen-bond donors (Lipinski definition) is 0. The van der Waals surface area contributed by atoms with E-state index in [9.17, 15) is 0 Å². The first-order valence-corrected chi connectivity index (χ1v) is 6.45. The van der Waals surface area contributed by atoms with E-state index in [4.69, 9.17) is 0 Å². The van der Waals surface area contributed by atoms with Crippen LogP contribution in [0, 0.1) is 29.6 Å². The van der Waals surface area contributed by atoms with Crippen molar-refractivity contribution in [2.45, 2.75) is 61.3 Å². The van der Waals surface area contributed by atoms with E-state index in [1.54, 1.807) is 0 Å². The summed E-state index contributed by atoms with van der Waals surface area (Å²) < 4.78 is 0. The molecular weight excluding hydrogens is 168 g/mol. The van der Waals surface area contributed by atoms with Gasteiger partial charge in [0.2, 0.25) is 0 Å². The van der Waals surface area contributed by atoms with E-state index in [0.717, 1.165) is 29.6 Å². The Morgan fingerprint density at radius 2 is 0.929 bits per heavy atom. The Morgan fingerprint density at radius 3 is 1.07 bits per heavy atom. The average Bonchev–Trinajstić information content (AvgIpc) is 2.04. The molecule has 0 fully saturated rings. The minimum atomic E-state index is 0.836. The van der Waals surface area contributed by atoms with E-state index < -0.39 is 0 Å². The van der Waals surface area contributed by atoms with Crippen LogP contribution in [0.5, 0.6) is 0 Å². The standard InChI is InChI=1S/C14H30/c1-8-13(10(3)4)12(7)14(9-2)11(5)6/h10-14H,8-9H2,1-7H3. The van der Waals surface area contributed by atoms with Gasteiger partial charge in [-0.1, -0.05) is 61.3 Å². The summed E-state index contributed by atoms with van der Waals surface area (Å²) in [6, 6.07) is 0. The van der Waals surface area contributed by atoms with Gasteiger partial charge in [0.15, 0.2) is 0 Å². The Kier molecular flexibility index (Phi) is 6.48. The fourth-order valence-electron chi connectivity index (χ4n) is 3.22. The maximum Gasteiger partial charge on any atom is -0.0365 e. The van der Waals surface area contributed by atoms with Crippen LogP contribution in [0.1, 0.15) is 61.3 Å². The van der Waals surface area contributed by atoms with Gasteiger partial charge in [-0.05, 0) is 29.6 Å². The lowest BCUT2D eigenvalue weighted by Crippen LogP contribution is -2.27. The Hall–Kier alpha value is 0. The predicted octanol–water partition coefficient (Wildman–Crippen LogP) is 4.99. The van der Waals surface area contributed by atoms with Crippen LogP contribution in [-0.4, -0.2) is 0 Å². The van der Waals surface area contributed by atoms with Gasteiger partial charge in [-0.15, -0.1) is 0 Å². The summed E-state index contributed by atoms with van der Waals surface area (Å²) in [6.45, 7) is 16.6. The van der Waals surface area contributed by atoms with Gasteiger partial charge >= 0.3 is 0 Å². The summed E-state index contributed by atoms with van der Waals surface area (Å²) in [4.78, 5) is 0. The van der Waals surface area contributed by atoms with Gasteiger partial charge in [0.05, 0.1) is 0 Å². The summed E-state index contributed by atoms with van der Waals surface area (Å²) >= 11 is 0. The highest BCUT2D eigenvalue weighted by molar-refractivity contribution is 4.76. The molecule has 86 valence electrons. The van der Waals surface area contributed by atoms with Crippen LogP contribution in [0.4, 0.5) is 0 Å². The molecule has 0 nitrogen and oxygen atoms in total. The fourth-order valence-corrected chi connectivity index (χ4v) is 3.22. The number of hydrogen-bond acceptors (Lipinski definition) is 0. The van der Waals surface area contributed by atoms with Gasteiger partial charge < -0.3 is 0 Å². The quantitative estimate of drug-likeness (QED) is 0.564. The molecule has 2 unspecified atom stereocenters. The van der Waals surface area contributed by atoms with Crippen LogP contribution in [0.25, 0.3) is 0 Å². The summed E-state index contributed by atoms with van der Waals surface area (Å²) in [5.74, 6) is 4.36. The molecule has 0 aromatic heterocycles. The second-order valence-corrected chi connectivity index (χ2v) is 5.49. The van der Waals surface area contributed by atoms with Gasteiger partial charge in [-0.25, -0.2) is 0 Å². The first kappa shape index (κ1) is 14.0. The first-order valence-electron chi connectivity index (χ1n) is 6.45. The fraction of sp³-hybridized carbons (Fsp3) is 1.00. The second kappa shape index (κ2) is 6.48. The van der Waals surface area contributed by atoms with E-state index in [0.29, 0.717) is 0 Å². The van der Waals surface area contributed by atoms with Crippen molar-refractivity contribution >= 4 is 0 Å². The van der Waals surface area contributed by atoms with Gasteiger partial charge in [0.1, 0.15) is 0 Å². The lowest BCUT2D eigenvalue weighted by molar-refractivity contribution is 0.148. The monoisotopic (exact) mass is 198 g/mol. The van der Waals surface area contributed by atoms with E-state index in [1.165, 1.54) is 12.8 Å². The maximum absolute atomic E-state index is 2.46. The Balaban J connectivity index is 4.44. The number of rotatable bonds is 6. The summed E-state index contributed by atoms with van der Waals surface area (Å²) in [5.41, 5.74) is 0. The van der Waals surface area contributed by atoms with Crippen molar-refractivity contribution in [3.8, 4) is 0 Å². The molecule has 0 aliphatic rings. The van der Waals surface area contributed by atoms with Crippen LogP contribution in [0.2, 0.25) is 0 Å². The van der Waals surface area contributed by atoms with Crippen LogP contribution in [-0.2, 0) is 0 Å². The van der Waals surface area contributed by atoms with Crippen LogP contribution >= 0.6 is 0 Å². The molecule has 0 heterocycles. The molecular formula is C14H30. The molecule has 2 atom stereocenters. The topological polar surface area (TPSA) is 0 Å². The lowest BCUT2D eigenvalue weighted by atomic mass is 9.71. The molecule has 0 N–H and O–H groups in total. The molecule has 14 heavy (non-hydrogen) atoms. The zero-order valence-electron chi connectivity index (χ0n) is 11.3. The molecule has 0 amide bonds. The van der Waals surface area contributed by atoms with Crippen molar-refractivity contribution in [1.82, 2.24) is 0 Å². The third-order valence-electron chi connectivity index (χ3n) is 4.01. The van der Waals surface area contributed by atoms with E-state index in [1.807, 2.05) is 0 Å². The SMILES string of the molecule is CCC(C(C)C)C(C)C(CC)C(C)C. The minimum absolute atomic E-state index is 0.836. The van der Waals surface area contributed by atoms with Crippen molar-refractivity contribution in [3.05, 3.63) is 0 Å². The zero-order chi connectivity index (χ0) is 11.3. The lowest BCUT2D eigenvalue weighted by Gasteiger charge is -2.34. The van der Waals surface area contributed by atoms with Crippen LogP contribution in [0.3, 0.4) is 0 Å². The minimum Gasteiger partial charge on any atom is -0.0651 e. The largest absolute Gasteiger partial charge is 0.0651 e. The van der Waals surface area contributed by atoms with E-state index in [-0.39, 0.29) is 0 Å². The van der Waals surface area contributed by atoms with Crippen LogP contribution in [0.15, 0.2) is 0 Å². The molecule has 0 radical (unpaired) electrons. The van der Waals surface area contributed by atoms with Crippen LogP contribution < -0.4 is 0 Å². The Labute approximate surface area is 91.5 Å². The molecule has 0 saturated carbocycles. The van der Waals surface area contributed by atoms with Crippen molar-refractivity contribution in [2.75, 3.05) is 0 Å². The van der Waals surface area contributed by atoms with Crippen molar-refractivity contribution in [2.24, 2.45) is 29.6 Å². The molecule has 0 spiro atoms. The third kappa shape index (κ3) is 3.63. The van der Waals surface area contributed by atoms with Gasteiger partial charge in [0, 0.05) is 0 Å². The molecule has 0 rings (SSSR count). The van der Waals surface area contributed by atoms with Crippen molar-refractivity contribution in [3.63, 3.8) is 0 Å². The van der Waals surface area contributed by atoms with Crippen molar-refractivity contribution in [1.29, 1.82) is 0 Å². The van der Waals surface area contributed by atoms with Gasteiger partial charge in [-0.2, -0.15) is 0 Å². The molecule has 0 heteroatoms. The van der Waals surface area contributed by atoms with Gasteiger partial charge in [-0.3, -0.25) is 0 Å². The smallest absolute Gasteiger partial charge is 0.0365 e. The summed E-state index contributed by atoms with van der Waals surface area (Å²) in [5, 5.41) is 0. The molecule has 0 aromatic carbocycles. The van der Waals surface area contributed by atoms with Gasteiger partial charge in [0.25, 0.3) is 0 Å². The average molecular weight is 198 g/mol. The molecule has 0 aliphatic heterocycles. The van der Waals surface area contributed by atoms with E-state index in [2.05, 4.69) is 48.5 Å². The normalized spacial score (nSPS) is 18.6.